The third-order valence-corrected chi connectivity index (χ3v) is 22.6. The summed E-state index contributed by atoms with van der Waals surface area (Å²) < 4.78 is 0. The van der Waals surface area contributed by atoms with Gasteiger partial charge in [-0.05, 0) is 228 Å². The van der Waals surface area contributed by atoms with Gasteiger partial charge in [0.1, 0.15) is 24.0 Å². The van der Waals surface area contributed by atoms with E-state index in [1.807, 2.05) is 79.5 Å². The molecule has 9 aromatic heterocycles. The van der Waals surface area contributed by atoms with E-state index in [0.717, 1.165) is 126 Å². The van der Waals surface area contributed by atoms with Crippen LogP contribution in [-0.2, 0) is 0 Å². The van der Waals surface area contributed by atoms with Crippen molar-refractivity contribution in [1.29, 1.82) is 0 Å². The highest BCUT2D eigenvalue weighted by Gasteiger charge is 2.19. The Kier molecular flexibility index (Phi) is 16.9. The maximum atomic E-state index is 5.19. The summed E-state index contributed by atoms with van der Waals surface area (Å²) in [7, 11) is 0. The fraction of sp³-hybridized carbons (Fsp3) is 0. The number of pyridine rings is 7. The molecule has 24 aromatic rings. The highest BCUT2D eigenvalue weighted by atomic mass is 15.0. The fourth-order valence-electron chi connectivity index (χ4n) is 17.0. The van der Waals surface area contributed by atoms with Crippen LogP contribution in [0.3, 0.4) is 0 Å². The van der Waals surface area contributed by atoms with Gasteiger partial charge in [-0.3, -0.25) is 29.9 Å². The standard InChI is InChI=1S/C39H23N3.C34H20N8.C32H20N2/c1-2-9-31-29(7-1)30-8-3-4-10-32(30)34-21-26(13-15-33(31)34)28-20-27-17-19-40-23-36(27)35(22-28)37-16-14-25-12-11-24-6-5-18-41-38(24)39(25)42-37;1-2-8-24-23(7-1)27-17-21(31-37-19-39-33(41-31)29-9-3-5-15-35-29)11-13-25(27)26-14-12-22(18-28(24)26)32-38-20-40-34(42-32)30-10-4-6-16-36-30;1-2-9-27-25(7-1)26-8-3-4-10-28(26)30-18-24(13-14-29(27)30)32-20-23(15-17-34-32)22-12-11-21-6-5-16-33-31(21)19-22/h1-23H;1-20H;1-20H. The fourth-order valence-corrected chi connectivity index (χ4v) is 17.0. The van der Waals surface area contributed by atoms with Crippen LogP contribution in [0.1, 0.15) is 0 Å². The molecule has 118 heavy (non-hydrogen) atoms. The van der Waals surface area contributed by atoms with E-state index in [4.69, 9.17) is 19.9 Å². The normalized spacial score (nSPS) is 11.6. The van der Waals surface area contributed by atoms with Gasteiger partial charge in [0.25, 0.3) is 0 Å². The lowest BCUT2D eigenvalue weighted by molar-refractivity contribution is 1.05. The van der Waals surface area contributed by atoms with Crippen molar-refractivity contribution < 1.29 is 0 Å². The molecule has 0 aliphatic carbocycles. The summed E-state index contributed by atoms with van der Waals surface area (Å²) in [5, 5.41) is 27.7. The van der Waals surface area contributed by atoms with Crippen molar-refractivity contribution in [3.05, 3.63) is 384 Å². The summed E-state index contributed by atoms with van der Waals surface area (Å²) in [5.74, 6) is 2.29. The lowest BCUT2D eigenvalue weighted by Crippen LogP contribution is -1.97. The Balaban J connectivity index is 0.000000108. The minimum absolute atomic E-state index is 0.543. The molecular weight excluding hydrogens is 1440 g/mol. The maximum absolute atomic E-state index is 5.19. The first-order chi connectivity index (χ1) is 58.5. The van der Waals surface area contributed by atoms with E-state index in [-0.39, 0.29) is 0 Å². The molecule has 24 rings (SSSR count). The summed E-state index contributed by atoms with van der Waals surface area (Å²) in [6.07, 6.45) is 15.9. The van der Waals surface area contributed by atoms with E-state index in [1.54, 1.807) is 12.4 Å². The Hall–Kier alpha value is -16.3. The van der Waals surface area contributed by atoms with E-state index >= 15 is 0 Å². The van der Waals surface area contributed by atoms with Crippen LogP contribution in [-0.4, -0.2) is 64.8 Å². The highest BCUT2D eigenvalue weighted by Crippen LogP contribution is 2.44. The number of hydrogen-bond donors (Lipinski definition) is 0. The first-order valence-electron chi connectivity index (χ1n) is 39.1. The van der Waals surface area contributed by atoms with Crippen LogP contribution in [0.4, 0.5) is 0 Å². The van der Waals surface area contributed by atoms with Gasteiger partial charge in [0, 0.05) is 87.2 Å². The van der Waals surface area contributed by atoms with Gasteiger partial charge in [0.2, 0.25) is 0 Å². The molecule has 0 aliphatic rings. The molecule has 0 unspecified atom stereocenters. The number of rotatable bonds is 8. The van der Waals surface area contributed by atoms with E-state index in [1.165, 1.54) is 82.9 Å². The molecule has 0 N–H and O–H groups in total. The number of benzene rings is 15. The number of fused-ring (bicyclic) bond motifs is 23. The minimum atomic E-state index is 0.543. The zero-order valence-electron chi connectivity index (χ0n) is 63.2. The van der Waals surface area contributed by atoms with Crippen molar-refractivity contribution >= 4 is 140 Å². The summed E-state index contributed by atoms with van der Waals surface area (Å²) in [6.45, 7) is 0. The van der Waals surface area contributed by atoms with Gasteiger partial charge in [-0.25, -0.2) is 34.9 Å². The summed E-state index contributed by atoms with van der Waals surface area (Å²) >= 11 is 0. The molecule has 0 fully saturated rings. The minimum Gasteiger partial charge on any atom is -0.264 e. The molecule has 13 nitrogen and oxygen atoms in total. The predicted molar refractivity (Wildman–Crippen MR) is 482 cm³/mol. The Bertz CT molecular complexity index is 7920. The molecule has 9 heterocycles. The van der Waals surface area contributed by atoms with Gasteiger partial charge in [-0.1, -0.05) is 224 Å². The molecule has 0 saturated carbocycles. The van der Waals surface area contributed by atoms with Crippen molar-refractivity contribution in [2.45, 2.75) is 0 Å². The van der Waals surface area contributed by atoms with E-state index in [9.17, 15) is 0 Å². The van der Waals surface area contributed by atoms with Crippen LogP contribution >= 0.6 is 0 Å². The first-order valence-corrected chi connectivity index (χ1v) is 39.1. The van der Waals surface area contributed by atoms with E-state index in [0.29, 0.717) is 34.7 Å². The predicted octanol–water partition coefficient (Wildman–Crippen LogP) is 25.5. The average Bonchev–Trinajstić information content (AvgIpc) is 0.750. The largest absolute Gasteiger partial charge is 0.264 e. The Morgan fingerprint density at radius 3 is 1.12 bits per heavy atom. The topological polar surface area (TPSA) is 168 Å². The van der Waals surface area contributed by atoms with Crippen molar-refractivity contribution in [3.8, 4) is 90.6 Å². The molecule has 0 bridgehead atoms. The zero-order chi connectivity index (χ0) is 78.0. The smallest absolute Gasteiger partial charge is 0.181 e. The monoisotopic (exact) mass is 1510 g/mol. The summed E-state index contributed by atoms with van der Waals surface area (Å²) in [6, 6.07) is 115. The third kappa shape index (κ3) is 12.3. The molecule has 0 saturated heterocycles. The van der Waals surface area contributed by atoms with Crippen molar-refractivity contribution in [3.63, 3.8) is 0 Å². The molecule has 0 amide bonds. The van der Waals surface area contributed by atoms with E-state index in [2.05, 4.69) is 324 Å². The van der Waals surface area contributed by atoms with Gasteiger partial charge >= 0.3 is 0 Å². The van der Waals surface area contributed by atoms with Gasteiger partial charge in [0.05, 0.1) is 27.9 Å². The number of hydrogen-bond acceptors (Lipinski definition) is 13. The van der Waals surface area contributed by atoms with Gasteiger partial charge < -0.3 is 0 Å². The van der Waals surface area contributed by atoms with Crippen LogP contribution < -0.4 is 0 Å². The summed E-state index contributed by atoms with van der Waals surface area (Å²) in [4.78, 5) is 59.5. The first kappa shape index (κ1) is 68.5. The lowest BCUT2D eigenvalue weighted by Gasteiger charge is -2.14. The second-order valence-corrected chi connectivity index (χ2v) is 29.3. The molecule has 13 heteroatoms. The Morgan fingerprint density at radius 1 is 0.169 bits per heavy atom. The number of aromatic nitrogens is 13. The van der Waals surface area contributed by atoms with Gasteiger partial charge in [-0.2, -0.15) is 0 Å². The molecule has 548 valence electrons. The molecule has 0 radical (unpaired) electrons. The SMILES string of the molecule is c1ccc(-c2ncnc(-c3ccc4c5ccc(-c6ncnc(-c7ccccn7)n6)cc5c5ccccc5c4c3)n2)nc1.c1cnc2c(c1)ccc1ccc(-c3cc(-c4ccc5c6ccccc6c6ccccc6c5c4)cc4ccncc34)nc12.c1cnc2cc(-c3ccnc(-c4ccc5c6ccccc6c6ccccc6c5c4)c3)ccc2c1. The third-order valence-electron chi connectivity index (χ3n) is 22.6. The molecule has 0 atom stereocenters. The maximum Gasteiger partial charge on any atom is 0.181 e. The van der Waals surface area contributed by atoms with Crippen LogP contribution in [0, 0.1) is 0 Å². The second-order valence-electron chi connectivity index (χ2n) is 29.3. The molecule has 15 aromatic carbocycles. The molecular formula is C105H63N13. The number of nitrogens with zero attached hydrogens (tertiary/aromatic N) is 13. The van der Waals surface area contributed by atoms with Crippen LogP contribution in [0.5, 0.6) is 0 Å². The van der Waals surface area contributed by atoms with Crippen molar-refractivity contribution in [2.24, 2.45) is 0 Å². The molecule has 0 aliphatic heterocycles. The lowest BCUT2D eigenvalue weighted by atomic mass is 9.91. The Labute approximate surface area is 675 Å². The van der Waals surface area contributed by atoms with Crippen LogP contribution in [0.15, 0.2) is 384 Å². The van der Waals surface area contributed by atoms with Crippen molar-refractivity contribution in [1.82, 2.24) is 64.8 Å². The van der Waals surface area contributed by atoms with Gasteiger partial charge in [0.15, 0.2) is 23.3 Å². The summed E-state index contributed by atoms with van der Waals surface area (Å²) in [5.41, 5.74) is 14.8. The highest BCUT2D eigenvalue weighted by molar-refractivity contribution is 6.28. The molecule has 0 spiro atoms. The van der Waals surface area contributed by atoms with Gasteiger partial charge in [-0.15, -0.1) is 0 Å². The van der Waals surface area contributed by atoms with Crippen LogP contribution in [0.2, 0.25) is 0 Å². The average molecular weight is 1510 g/mol. The van der Waals surface area contributed by atoms with Crippen LogP contribution in [0.25, 0.3) is 231 Å². The second kappa shape index (κ2) is 29.1. The van der Waals surface area contributed by atoms with Crippen molar-refractivity contribution in [2.75, 3.05) is 0 Å². The quantitative estimate of drug-likeness (QED) is 0.132. The van der Waals surface area contributed by atoms with E-state index < -0.39 is 0 Å². The zero-order valence-corrected chi connectivity index (χ0v) is 63.2. The Morgan fingerprint density at radius 2 is 0.576 bits per heavy atom.